The lowest BCUT2D eigenvalue weighted by molar-refractivity contribution is -0.160. The van der Waals surface area contributed by atoms with Gasteiger partial charge in [-0.2, -0.15) is 0 Å². The van der Waals surface area contributed by atoms with Crippen LogP contribution in [0.4, 0.5) is 4.39 Å². The van der Waals surface area contributed by atoms with Gasteiger partial charge >= 0.3 is 5.97 Å². The Bertz CT molecular complexity index is 587. The van der Waals surface area contributed by atoms with Gasteiger partial charge in [-0.25, -0.2) is 4.39 Å². The van der Waals surface area contributed by atoms with Gasteiger partial charge in [-0.3, -0.25) is 9.59 Å². The Morgan fingerprint density at radius 1 is 1.38 bits per heavy atom. The van der Waals surface area contributed by atoms with E-state index in [4.69, 9.17) is 9.47 Å². The van der Waals surface area contributed by atoms with Crippen molar-refractivity contribution in [2.75, 3.05) is 26.8 Å². The van der Waals surface area contributed by atoms with E-state index in [1.165, 1.54) is 36.3 Å². The molecule has 1 N–H and O–H groups in total. The molecule has 1 fully saturated rings. The molecule has 1 aliphatic rings. The van der Waals surface area contributed by atoms with Gasteiger partial charge < -0.3 is 19.5 Å². The van der Waals surface area contributed by atoms with Gasteiger partial charge in [-0.1, -0.05) is 0 Å². The third-order valence-electron chi connectivity index (χ3n) is 4.24. The van der Waals surface area contributed by atoms with Crippen LogP contribution < -0.4 is 4.74 Å². The van der Waals surface area contributed by atoms with Gasteiger partial charge in [0.15, 0.2) is 6.10 Å². The predicted octanol–water partition coefficient (Wildman–Crippen LogP) is 1.93. The van der Waals surface area contributed by atoms with Gasteiger partial charge in [0.1, 0.15) is 17.0 Å². The number of benzene rings is 1. The fourth-order valence-corrected chi connectivity index (χ4v) is 2.98. The maximum Gasteiger partial charge on any atom is 0.313 e. The van der Waals surface area contributed by atoms with E-state index in [1.54, 1.807) is 6.92 Å². The molecule has 0 spiro atoms. The maximum atomic E-state index is 12.9. The van der Waals surface area contributed by atoms with Crippen molar-refractivity contribution in [3.05, 3.63) is 30.1 Å². The highest BCUT2D eigenvalue weighted by atomic mass is 19.1. The van der Waals surface area contributed by atoms with E-state index in [0.717, 1.165) is 0 Å². The van der Waals surface area contributed by atoms with Gasteiger partial charge in [0.2, 0.25) is 0 Å². The first-order valence-electron chi connectivity index (χ1n) is 7.81. The number of halogens is 1. The molecule has 7 heteroatoms. The third kappa shape index (κ3) is 4.03. The molecule has 132 valence electrons. The summed E-state index contributed by atoms with van der Waals surface area (Å²) in [5.74, 6) is -1.26. The van der Waals surface area contributed by atoms with Crippen LogP contribution in [0, 0.1) is 11.2 Å². The molecule has 1 amide bonds. The number of aliphatic carboxylic acids is 1. The number of methoxy groups -OCH3 is 1. The lowest BCUT2D eigenvalue weighted by atomic mass is 9.80. The van der Waals surface area contributed by atoms with Gasteiger partial charge in [0.25, 0.3) is 5.91 Å². The van der Waals surface area contributed by atoms with Crippen LogP contribution in [0.25, 0.3) is 0 Å². The molecule has 0 saturated carbocycles. The van der Waals surface area contributed by atoms with Crippen molar-refractivity contribution in [1.29, 1.82) is 0 Å². The second-order valence-electron chi connectivity index (χ2n) is 6.10. The Kier molecular flexibility index (Phi) is 5.77. The molecular weight excluding hydrogens is 317 g/mol. The number of likely N-dealkylation sites (tertiary alicyclic amines) is 1. The minimum Gasteiger partial charge on any atom is -0.481 e. The highest BCUT2D eigenvalue weighted by Crippen LogP contribution is 2.31. The van der Waals surface area contributed by atoms with Crippen molar-refractivity contribution in [3.63, 3.8) is 0 Å². The molecule has 1 aliphatic heterocycles. The summed E-state index contributed by atoms with van der Waals surface area (Å²) in [6.45, 7) is 2.22. The van der Waals surface area contributed by atoms with Crippen molar-refractivity contribution < 1.29 is 28.6 Å². The van der Waals surface area contributed by atoms with E-state index in [0.29, 0.717) is 25.1 Å². The summed E-state index contributed by atoms with van der Waals surface area (Å²) in [5, 5.41) is 9.53. The molecule has 0 radical (unpaired) electrons. The zero-order valence-corrected chi connectivity index (χ0v) is 13.8. The third-order valence-corrected chi connectivity index (χ3v) is 4.24. The second kappa shape index (κ2) is 7.61. The molecule has 24 heavy (non-hydrogen) atoms. The van der Waals surface area contributed by atoms with Crippen LogP contribution in [0.1, 0.15) is 19.8 Å². The number of piperidine rings is 1. The Morgan fingerprint density at radius 2 is 2.04 bits per heavy atom. The first-order valence-corrected chi connectivity index (χ1v) is 7.81. The number of carboxylic acid groups (broad SMARTS) is 1. The molecule has 1 heterocycles. The number of hydrogen-bond acceptors (Lipinski definition) is 4. The number of amides is 1. The summed E-state index contributed by atoms with van der Waals surface area (Å²) in [5.41, 5.74) is -1.09. The van der Waals surface area contributed by atoms with Gasteiger partial charge in [-0.15, -0.1) is 0 Å². The van der Waals surface area contributed by atoms with Crippen molar-refractivity contribution in [1.82, 2.24) is 4.90 Å². The minimum absolute atomic E-state index is 0.0549. The standard InChI is InChI=1S/C17H22FNO5/c1-12(24-14-6-4-13(18)5-7-14)15(20)19-9-3-8-17(10-19,11-23-2)16(21)22/h4-7,12H,3,8-11H2,1-2H3,(H,21,22). The monoisotopic (exact) mass is 339 g/mol. The SMILES string of the molecule is COCC1(C(=O)O)CCCN(C(=O)C(C)Oc2ccc(F)cc2)C1. The highest BCUT2D eigenvalue weighted by molar-refractivity contribution is 5.83. The molecule has 2 rings (SSSR count). The van der Waals surface area contributed by atoms with Crippen molar-refractivity contribution in [2.24, 2.45) is 5.41 Å². The quantitative estimate of drug-likeness (QED) is 0.857. The van der Waals surface area contributed by atoms with Crippen LogP contribution >= 0.6 is 0 Å². The van der Waals surface area contributed by atoms with Crippen molar-refractivity contribution in [3.8, 4) is 5.75 Å². The molecule has 1 aromatic carbocycles. The number of nitrogens with zero attached hydrogens (tertiary/aromatic N) is 1. The van der Waals surface area contributed by atoms with E-state index >= 15 is 0 Å². The van der Waals surface area contributed by atoms with Crippen LogP contribution in [0.15, 0.2) is 24.3 Å². The number of rotatable bonds is 6. The van der Waals surface area contributed by atoms with E-state index < -0.39 is 17.5 Å². The van der Waals surface area contributed by atoms with Crippen LogP contribution in [-0.2, 0) is 14.3 Å². The molecule has 2 atom stereocenters. The van der Waals surface area contributed by atoms with Gasteiger partial charge in [-0.05, 0) is 44.0 Å². The van der Waals surface area contributed by atoms with Crippen molar-refractivity contribution in [2.45, 2.75) is 25.9 Å². The molecule has 1 saturated heterocycles. The molecule has 0 aliphatic carbocycles. The van der Waals surface area contributed by atoms with Gasteiger partial charge in [0.05, 0.1) is 6.61 Å². The second-order valence-corrected chi connectivity index (χ2v) is 6.10. The van der Waals surface area contributed by atoms with E-state index in [2.05, 4.69) is 0 Å². The first-order chi connectivity index (χ1) is 11.4. The summed E-state index contributed by atoms with van der Waals surface area (Å²) in [6.07, 6.45) is 0.264. The average molecular weight is 339 g/mol. The molecule has 0 bridgehead atoms. The number of hydrogen-bond donors (Lipinski definition) is 1. The first kappa shape index (κ1) is 18.2. The number of carbonyl (C=O) groups excluding carboxylic acids is 1. The van der Waals surface area contributed by atoms with Crippen LogP contribution in [0.5, 0.6) is 5.75 Å². The molecule has 0 aromatic heterocycles. The van der Waals surface area contributed by atoms with E-state index in [1.807, 2.05) is 0 Å². The minimum atomic E-state index is -1.09. The smallest absolute Gasteiger partial charge is 0.313 e. The predicted molar refractivity (Wildman–Crippen MR) is 84.2 cm³/mol. The topological polar surface area (TPSA) is 76.1 Å². The number of carbonyl (C=O) groups is 2. The maximum absolute atomic E-state index is 12.9. The number of ether oxygens (including phenoxy) is 2. The molecule has 1 aromatic rings. The van der Waals surface area contributed by atoms with Gasteiger partial charge in [0, 0.05) is 20.2 Å². The summed E-state index contributed by atoms with van der Waals surface area (Å²) in [4.78, 5) is 25.7. The summed E-state index contributed by atoms with van der Waals surface area (Å²) < 4.78 is 23.5. The Morgan fingerprint density at radius 3 is 2.62 bits per heavy atom. The molecule has 2 unspecified atom stereocenters. The summed E-state index contributed by atoms with van der Waals surface area (Å²) in [6, 6.07) is 5.40. The lowest BCUT2D eigenvalue weighted by Crippen LogP contribution is -2.54. The Labute approximate surface area is 140 Å². The van der Waals surface area contributed by atoms with Crippen LogP contribution in [0.2, 0.25) is 0 Å². The zero-order valence-electron chi connectivity index (χ0n) is 13.8. The van der Waals surface area contributed by atoms with Crippen LogP contribution in [-0.4, -0.2) is 54.8 Å². The molecular formula is C17H22FNO5. The highest BCUT2D eigenvalue weighted by Gasteiger charge is 2.44. The Hall–Kier alpha value is -2.15. The number of carboxylic acids is 1. The fourth-order valence-electron chi connectivity index (χ4n) is 2.98. The average Bonchev–Trinajstić information content (AvgIpc) is 2.56. The largest absolute Gasteiger partial charge is 0.481 e. The van der Waals surface area contributed by atoms with Crippen LogP contribution in [0.3, 0.4) is 0 Å². The van der Waals surface area contributed by atoms with E-state index in [-0.39, 0.29) is 24.9 Å². The normalized spacial score (nSPS) is 22.0. The zero-order chi connectivity index (χ0) is 17.7. The van der Waals surface area contributed by atoms with E-state index in [9.17, 15) is 19.1 Å². The Balaban J connectivity index is 2.04. The lowest BCUT2D eigenvalue weighted by Gasteiger charge is -2.40. The van der Waals surface area contributed by atoms with Crippen molar-refractivity contribution >= 4 is 11.9 Å². The molecule has 6 nitrogen and oxygen atoms in total. The summed E-state index contributed by atoms with van der Waals surface area (Å²) in [7, 11) is 1.45. The fraction of sp³-hybridized carbons (Fsp3) is 0.529. The summed E-state index contributed by atoms with van der Waals surface area (Å²) >= 11 is 0.